The molecule has 6 nitrogen and oxygen atoms in total. The van der Waals surface area contributed by atoms with Gasteiger partial charge in [0.25, 0.3) is 0 Å². The summed E-state index contributed by atoms with van der Waals surface area (Å²) in [5.41, 5.74) is 0. The maximum atomic E-state index is 13.6. The Balaban J connectivity index is 1.79. The van der Waals surface area contributed by atoms with Crippen LogP contribution in [0.25, 0.3) is 0 Å². The topological polar surface area (TPSA) is 69.7 Å². The summed E-state index contributed by atoms with van der Waals surface area (Å²) in [7, 11) is -4.26. The Labute approximate surface area is 124 Å². The Morgan fingerprint density at radius 1 is 1.14 bits per heavy atom. The van der Waals surface area contributed by atoms with E-state index in [1.54, 1.807) is 0 Å². The van der Waals surface area contributed by atoms with E-state index in [0.717, 1.165) is 4.31 Å². The lowest BCUT2D eigenvalue weighted by Gasteiger charge is -2.42. The van der Waals surface area contributed by atoms with Crippen LogP contribution in [-0.2, 0) is 10.0 Å². The van der Waals surface area contributed by atoms with Gasteiger partial charge in [0.2, 0.25) is 10.0 Å². The lowest BCUT2D eigenvalue weighted by molar-refractivity contribution is 0.124. The van der Waals surface area contributed by atoms with E-state index in [-0.39, 0.29) is 25.2 Å². The van der Waals surface area contributed by atoms with Crippen molar-refractivity contribution >= 4 is 16.1 Å². The number of halogens is 3. The molecule has 0 aromatic heterocycles. The molecule has 120 valence electrons. The van der Waals surface area contributed by atoms with Gasteiger partial charge < -0.3 is 10.2 Å². The van der Waals surface area contributed by atoms with E-state index in [4.69, 9.17) is 0 Å². The maximum absolute atomic E-state index is 13.6. The Morgan fingerprint density at radius 2 is 1.82 bits per heavy atom. The predicted molar refractivity (Wildman–Crippen MR) is 69.0 cm³/mol. The molecule has 0 spiro atoms. The Morgan fingerprint density at radius 3 is 2.41 bits per heavy atom. The first-order valence-electron chi connectivity index (χ1n) is 6.50. The molecule has 22 heavy (non-hydrogen) atoms. The molecule has 2 aliphatic rings. The molecule has 2 fully saturated rings. The summed E-state index contributed by atoms with van der Waals surface area (Å²) in [6.07, 6.45) is 0. The third-order valence-electron chi connectivity index (χ3n) is 3.78. The number of nitrogens with zero attached hydrogens (tertiary/aromatic N) is 2. The van der Waals surface area contributed by atoms with Gasteiger partial charge >= 0.3 is 6.03 Å². The van der Waals surface area contributed by atoms with Crippen LogP contribution in [0.15, 0.2) is 17.0 Å². The summed E-state index contributed by atoms with van der Waals surface area (Å²) >= 11 is 0. The summed E-state index contributed by atoms with van der Waals surface area (Å²) in [5, 5.41) is 2.59. The molecule has 10 heteroatoms. The van der Waals surface area contributed by atoms with Crippen molar-refractivity contribution in [1.82, 2.24) is 14.5 Å². The molecular weight excluding hydrogens is 323 g/mol. The zero-order valence-electron chi connectivity index (χ0n) is 11.2. The van der Waals surface area contributed by atoms with Gasteiger partial charge in [0, 0.05) is 26.2 Å². The minimum absolute atomic E-state index is 0.00577. The average molecular weight is 335 g/mol. The van der Waals surface area contributed by atoms with Crippen molar-refractivity contribution in [3.05, 3.63) is 29.6 Å². The number of amides is 2. The second-order valence-electron chi connectivity index (χ2n) is 5.07. The summed E-state index contributed by atoms with van der Waals surface area (Å²) in [4.78, 5) is 12.1. The second-order valence-corrected chi connectivity index (χ2v) is 6.98. The van der Waals surface area contributed by atoms with Crippen LogP contribution in [0.2, 0.25) is 0 Å². The van der Waals surface area contributed by atoms with Gasteiger partial charge in [-0.25, -0.2) is 26.4 Å². The number of hydrogen-bond acceptors (Lipinski definition) is 3. The Bertz CT molecular complexity index is 735. The summed E-state index contributed by atoms with van der Waals surface area (Å²) in [5.74, 6) is -5.01. The van der Waals surface area contributed by atoms with E-state index in [0.29, 0.717) is 25.2 Å². The number of hydrogen-bond donors (Lipinski definition) is 1. The van der Waals surface area contributed by atoms with Gasteiger partial charge in [-0.2, -0.15) is 4.31 Å². The number of carbonyl (C=O) groups is 1. The minimum atomic E-state index is -4.26. The van der Waals surface area contributed by atoms with Crippen molar-refractivity contribution in [2.24, 2.45) is 0 Å². The number of urea groups is 1. The van der Waals surface area contributed by atoms with Crippen LogP contribution in [-0.4, -0.2) is 55.9 Å². The lowest BCUT2D eigenvalue weighted by Crippen LogP contribution is -2.61. The first-order chi connectivity index (χ1) is 10.3. The number of nitrogens with one attached hydrogen (secondary N) is 1. The molecule has 2 heterocycles. The fourth-order valence-corrected chi connectivity index (χ4v) is 4.06. The quantitative estimate of drug-likeness (QED) is 0.818. The molecule has 1 aromatic carbocycles. The highest BCUT2D eigenvalue weighted by Crippen LogP contribution is 2.28. The molecule has 1 aromatic rings. The van der Waals surface area contributed by atoms with Crippen molar-refractivity contribution < 1.29 is 26.4 Å². The first-order valence-corrected chi connectivity index (χ1v) is 7.94. The fraction of sp³-hybridized carbons (Fsp3) is 0.417. The molecule has 1 N–H and O–H groups in total. The van der Waals surface area contributed by atoms with Gasteiger partial charge in [-0.1, -0.05) is 0 Å². The highest BCUT2D eigenvalue weighted by Gasteiger charge is 2.43. The molecule has 2 amide bonds. The third kappa shape index (κ3) is 2.22. The van der Waals surface area contributed by atoms with Crippen LogP contribution in [0, 0.1) is 17.5 Å². The van der Waals surface area contributed by atoms with Crippen molar-refractivity contribution in [3.8, 4) is 0 Å². The molecule has 0 saturated carbocycles. The standard InChI is InChI=1S/C12H12F3N3O3S/c13-8-1-2-9(11(15)10(8)14)22(20,21)17-5-7(6-17)18-4-3-16-12(18)19/h1-2,7H,3-6H2,(H,16,19). The third-order valence-corrected chi connectivity index (χ3v) is 5.63. The number of benzene rings is 1. The van der Waals surface area contributed by atoms with Gasteiger partial charge in [-0.3, -0.25) is 0 Å². The SMILES string of the molecule is O=C1NCCN1C1CN(S(=O)(=O)c2ccc(F)c(F)c2F)C1. The van der Waals surface area contributed by atoms with Crippen molar-refractivity contribution in [2.45, 2.75) is 10.9 Å². The zero-order chi connectivity index (χ0) is 16.1. The highest BCUT2D eigenvalue weighted by atomic mass is 32.2. The summed E-state index contributed by atoms with van der Waals surface area (Å²) < 4.78 is 65.1. The predicted octanol–water partition coefficient (Wildman–Crippen LogP) is 0.502. The van der Waals surface area contributed by atoms with E-state index >= 15 is 0 Å². The molecule has 0 bridgehead atoms. The minimum Gasteiger partial charge on any atom is -0.336 e. The number of carbonyl (C=O) groups excluding carboxylic acids is 1. The molecular formula is C12H12F3N3O3S. The van der Waals surface area contributed by atoms with Crippen LogP contribution < -0.4 is 5.32 Å². The van der Waals surface area contributed by atoms with Crippen molar-refractivity contribution in [3.63, 3.8) is 0 Å². The number of rotatable bonds is 3. The second kappa shape index (κ2) is 5.13. The monoisotopic (exact) mass is 335 g/mol. The van der Waals surface area contributed by atoms with Gasteiger partial charge in [-0.05, 0) is 12.1 Å². The van der Waals surface area contributed by atoms with Gasteiger partial charge in [0.1, 0.15) is 4.90 Å². The fourth-order valence-electron chi connectivity index (χ4n) is 2.49. The maximum Gasteiger partial charge on any atom is 0.317 e. The summed E-state index contributed by atoms with van der Waals surface area (Å²) in [6.45, 7) is 0.944. The molecule has 0 unspecified atom stereocenters. The Kier molecular flexibility index (Phi) is 3.52. The van der Waals surface area contributed by atoms with E-state index in [1.165, 1.54) is 4.90 Å². The smallest absolute Gasteiger partial charge is 0.317 e. The van der Waals surface area contributed by atoms with Crippen molar-refractivity contribution in [2.75, 3.05) is 26.2 Å². The summed E-state index contributed by atoms with van der Waals surface area (Å²) in [6, 6.07) is 0.682. The lowest BCUT2D eigenvalue weighted by atomic mass is 10.1. The number of sulfonamides is 1. The van der Waals surface area contributed by atoms with Crippen molar-refractivity contribution in [1.29, 1.82) is 0 Å². The van der Waals surface area contributed by atoms with Gasteiger partial charge in [0.15, 0.2) is 17.5 Å². The molecule has 0 atom stereocenters. The van der Waals surface area contributed by atoms with Gasteiger partial charge in [-0.15, -0.1) is 0 Å². The largest absolute Gasteiger partial charge is 0.336 e. The average Bonchev–Trinajstić information content (AvgIpc) is 2.80. The molecule has 0 aliphatic carbocycles. The van der Waals surface area contributed by atoms with E-state index in [1.807, 2.05) is 0 Å². The van der Waals surface area contributed by atoms with Crippen LogP contribution in [0.4, 0.5) is 18.0 Å². The molecule has 3 rings (SSSR count). The van der Waals surface area contributed by atoms with Gasteiger partial charge in [0.05, 0.1) is 6.04 Å². The van der Waals surface area contributed by atoms with Crippen LogP contribution in [0.1, 0.15) is 0 Å². The zero-order valence-corrected chi connectivity index (χ0v) is 12.0. The Hall–Kier alpha value is -1.81. The van der Waals surface area contributed by atoms with E-state index < -0.39 is 32.4 Å². The van der Waals surface area contributed by atoms with E-state index in [9.17, 15) is 26.4 Å². The molecule has 2 aliphatic heterocycles. The van der Waals surface area contributed by atoms with E-state index in [2.05, 4.69) is 5.32 Å². The van der Waals surface area contributed by atoms with Crippen LogP contribution in [0.3, 0.4) is 0 Å². The van der Waals surface area contributed by atoms with Crippen LogP contribution in [0.5, 0.6) is 0 Å². The first kappa shape index (κ1) is 15.1. The van der Waals surface area contributed by atoms with Crippen LogP contribution >= 0.6 is 0 Å². The highest BCUT2D eigenvalue weighted by molar-refractivity contribution is 7.89. The molecule has 0 radical (unpaired) electrons. The molecule has 2 saturated heterocycles. The normalized spacial score (nSPS) is 20.1.